The largest absolute Gasteiger partial charge is 0.489 e. The zero-order valence-corrected chi connectivity index (χ0v) is 19.7. The molecule has 2 aromatic heterocycles. The second kappa shape index (κ2) is 10.7. The summed E-state index contributed by atoms with van der Waals surface area (Å²) in [6, 6.07) is 14.9. The molecule has 0 atom stereocenters. The van der Waals surface area contributed by atoms with E-state index in [0.29, 0.717) is 17.9 Å². The Hall–Kier alpha value is -3.68. The van der Waals surface area contributed by atoms with Crippen molar-refractivity contribution < 1.29 is 17.9 Å². The van der Waals surface area contributed by atoms with Gasteiger partial charge < -0.3 is 4.74 Å². The second-order valence-corrected chi connectivity index (χ2v) is 8.52. The topological polar surface area (TPSA) is 52.8 Å². The fourth-order valence-electron chi connectivity index (χ4n) is 3.87. The van der Waals surface area contributed by atoms with E-state index in [0.717, 1.165) is 54.9 Å². The Balaban J connectivity index is 1.32. The van der Waals surface area contributed by atoms with Crippen molar-refractivity contribution in [3.05, 3.63) is 94.9 Å². The molecule has 0 amide bonds. The minimum Gasteiger partial charge on any atom is -0.489 e. The summed E-state index contributed by atoms with van der Waals surface area (Å²) in [6.07, 6.45) is 2.31. The third kappa shape index (κ3) is 6.47. The van der Waals surface area contributed by atoms with Gasteiger partial charge in [-0.2, -0.15) is 13.2 Å². The summed E-state index contributed by atoms with van der Waals surface area (Å²) in [5, 5.41) is 7.80. The molecule has 0 aliphatic heterocycles. The molecule has 0 saturated carbocycles. The number of ether oxygens (including phenoxy) is 1. The average molecular weight is 481 g/mol. The lowest BCUT2D eigenvalue weighted by Gasteiger charge is -2.13. The van der Waals surface area contributed by atoms with Crippen LogP contribution in [0.3, 0.4) is 0 Å². The molecule has 2 heterocycles. The molecule has 4 rings (SSSR count). The second-order valence-electron chi connectivity index (χ2n) is 8.52. The number of hydrogen-bond donors (Lipinski definition) is 0. The minimum atomic E-state index is -4.35. The monoisotopic (exact) mass is 480 g/mol. The van der Waals surface area contributed by atoms with Gasteiger partial charge in [-0.3, -0.25) is 9.67 Å². The molecule has 35 heavy (non-hydrogen) atoms. The summed E-state index contributed by atoms with van der Waals surface area (Å²) in [4.78, 5) is 4.57. The number of aromatic nitrogens is 4. The smallest absolute Gasteiger partial charge is 0.416 e. The fraction of sp³-hybridized carbons (Fsp3) is 0.296. The highest BCUT2D eigenvalue weighted by atomic mass is 19.4. The first-order chi connectivity index (χ1) is 16.8. The third-order valence-electron chi connectivity index (χ3n) is 5.97. The first kappa shape index (κ1) is 24.4. The van der Waals surface area contributed by atoms with Crippen LogP contribution in [0.15, 0.2) is 67.0 Å². The van der Waals surface area contributed by atoms with Gasteiger partial charge in [-0.05, 0) is 74.6 Å². The lowest BCUT2D eigenvalue weighted by Crippen LogP contribution is -2.04. The molecule has 0 bridgehead atoms. The van der Waals surface area contributed by atoms with Crippen LogP contribution in [0.25, 0.3) is 11.3 Å². The zero-order chi connectivity index (χ0) is 24.8. The standard InChI is InChI=1S/C27H27F3N4O/c1-19-17-25(12-8-21(19)5-3-4-15-34-16-14-31-33-34)35-18-23-9-13-26(32-20(23)2)22-6-10-24(11-7-22)27(28,29)30/h6-14,16-17H,3-5,15,18H2,1-2H3. The summed E-state index contributed by atoms with van der Waals surface area (Å²) in [5.74, 6) is 0.792. The van der Waals surface area contributed by atoms with Crippen LogP contribution in [0.4, 0.5) is 13.2 Å². The van der Waals surface area contributed by atoms with E-state index in [-0.39, 0.29) is 0 Å². The SMILES string of the molecule is Cc1cc(OCc2ccc(-c3ccc(C(F)(F)F)cc3)nc2C)ccc1CCCCn1ccnn1. The number of hydrogen-bond acceptors (Lipinski definition) is 4. The van der Waals surface area contributed by atoms with Gasteiger partial charge in [0.2, 0.25) is 0 Å². The maximum atomic E-state index is 12.8. The van der Waals surface area contributed by atoms with Crippen LogP contribution in [0, 0.1) is 13.8 Å². The van der Waals surface area contributed by atoms with Gasteiger partial charge in [-0.25, -0.2) is 0 Å². The molecule has 0 N–H and O–H groups in total. The molecule has 0 spiro atoms. The first-order valence-corrected chi connectivity index (χ1v) is 11.5. The van der Waals surface area contributed by atoms with Gasteiger partial charge in [0.15, 0.2) is 0 Å². The molecule has 0 saturated heterocycles. The van der Waals surface area contributed by atoms with Gasteiger partial charge in [0.05, 0.1) is 17.5 Å². The van der Waals surface area contributed by atoms with E-state index in [1.807, 2.05) is 42.1 Å². The lowest BCUT2D eigenvalue weighted by atomic mass is 10.0. The van der Waals surface area contributed by atoms with Gasteiger partial charge >= 0.3 is 6.18 Å². The van der Waals surface area contributed by atoms with Gasteiger partial charge in [-0.1, -0.05) is 29.5 Å². The van der Waals surface area contributed by atoms with Crippen molar-refractivity contribution in [1.29, 1.82) is 0 Å². The highest BCUT2D eigenvalue weighted by Crippen LogP contribution is 2.31. The van der Waals surface area contributed by atoms with Gasteiger partial charge in [0.1, 0.15) is 12.4 Å². The summed E-state index contributed by atoms with van der Waals surface area (Å²) in [5.41, 5.74) is 4.80. The van der Waals surface area contributed by atoms with E-state index in [2.05, 4.69) is 28.3 Å². The number of unbranched alkanes of at least 4 members (excludes halogenated alkanes) is 1. The van der Waals surface area contributed by atoms with Crippen LogP contribution in [-0.2, 0) is 25.7 Å². The highest BCUT2D eigenvalue weighted by molar-refractivity contribution is 5.60. The molecular formula is C27H27F3N4O. The quantitative estimate of drug-likeness (QED) is 0.254. The van der Waals surface area contributed by atoms with E-state index in [4.69, 9.17) is 4.74 Å². The molecule has 5 nitrogen and oxygen atoms in total. The lowest BCUT2D eigenvalue weighted by molar-refractivity contribution is -0.137. The van der Waals surface area contributed by atoms with E-state index >= 15 is 0 Å². The van der Waals surface area contributed by atoms with Crippen molar-refractivity contribution in [2.24, 2.45) is 0 Å². The van der Waals surface area contributed by atoms with E-state index < -0.39 is 11.7 Å². The summed E-state index contributed by atoms with van der Waals surface area (Å²) in [6.45, 7) is 5.19. The minimum absolute atomic E-state index is 0.364. The van der Waals surface area contributed by atoms with Crippen LogP contribution in [0.5, 0.6) is 5.75 Å². The van der Waals surface area contributed by atoms with Gasteiger partial charge in [-0.15, -0.1) is 5.10 Å². The fourth-order valence-corrected chi connectivity index (χ4v) is 3.87. The van der Waals surface area contributed by atoms with E-state index in [1.165, 1.54) is 23.3 Å². The summed E-state index contributed by atoms with van der Waals surface area (Å²) in [7, 11) is 0. The number of rotatable bonds is 9. The maximum absolute atomic E-state index is 12.8. The Morgan fingerprint density at radius 2 is 1.69 bits per heavy atom. The molecule has 0 aliphatic rings. The van der Waals surface area contributed by atoms with E-state index in [1.54, 1.807) is 6.20 Å². The van der Waals surface area contributed by atoms with Crippen molar-refractivity contribution in [1.82, 2.24) is 20.0 Å². The van der Waals surface area contributed by atoms with Crippen LogP contribution < -0.4 is 4.74 Å². The Morgan fingerprint density at radius 3 is 2.34 bits per heavy atom. The number of pyridine rings is 1. The Labute approximate surface area is 202 Å². The Bertz CT molecular complexity index is 1250. The van der Waals surface area contributed by atoms with E-state index in [9.17, 15) is 13.2 Å². The number of nitrogens with zero attached hydrogens (tertiary/aromatic N) is 4. The summed E-state index contributed by atoms with van der Waals surface area (Å²) < 4.78 is 46.2. The highest BCUT2D eigenvalue weighted by Gasteiger charge is 2.30. The molecule has 0 radical (unpaired) electrons. The van der Waals surface area contributed by atoms with Crippen molar-refractivity contribution in [3.63, 3.8) is 0 Å². The Morgan fingerprint density at radius 1 is 0.914 bits per heavy atom. The number of halogens is 3. The van der Waals surface area contributed by atoms with Crippen molar-refractivity contribution in [2.75, 3.05) is 0 Å². The molecule has 0 fully saturated rings. The van der Waals surface area contributed by atoms with Crippen LogP contribution in [0.2, 0.25) is 0 Å². The number of benzene rings is 2. The first-order valence-electron chi connectivity index (χ1n) is 11.5. The predicted molar refractivity (Wildman–Crippen MR) is 128 cm³/mol. The Kier molecular flexibility index (Phi) is 7.48. The average Bonchev–Trinajstić information content (AvgIpc) is 3.35. The van der Waals surface area contributed by atoms with Gasteiger partial charge in [0.25, 0.3) is 0 Å². The van der Waals surface area contributed by atoms with Crippen molar-refractivity contribution in [2.45, 2.75) is 52.4 Å². The molecule has 2 aromatic carbocycles. The molecule has 0 unspecified atom stereocenters. The number of alkyl halides is 3. The van der Waals surface area contributed by atoms with Gasteiger partial charge in [0, 0.05) is 29.6 Å². The number of aryl methyl sites for hydroxylation is 4. The predicted octanol–water partition coefficient (Wildman–Crippen LogP) is 6.58. The molecule has 8 heteroatoms. The molecular weight excluding hydrogens is 453 g/mol. The molecule has 0 aliphatic carbocycles. The third-order valence-corrected chi connectivity index (χ3v) is 5.97. The zero-order valence-electron chi connectivity index (χ0n) is 19.7. The van der Waals surface area contributed by atoms with Crippen LogP contribution in [0.1, 0.15) is 40.8 Å². The molecule has 4 aromatic rings. The molecule has 182 valence electrons. The van der Waals surface area contributed by atoms with Crippen molar-refractivity contribution >= 4 is 0 Å². The van der Waals surface area contributed by atoms with Crippen LogP contribution >= 0.6 is 0 Å². The maximum Gasteiger partial charge on any atom is 0.416 e. The van der Waals surface area contributed by atoms with Crippen LogP contribution in [-0.4, -0.2) is 20.0 Å². The normalized spacial score (nSPS) is 11.6. The summed E-state index contributed by atoms with van der Waals surface area (Å²) >= 11 is 0. The van der Waals surface area contributed by atoms with Crippen molar-refractivity contribution in [3.8, 4) is 17.0 Å².